The first kappa shape index (κ1) is 15.3. The smallest absolute Gasteiger partial charge is 0.240 e. The van der Waals surface area contributed by atoms with E-state index in [1.165, 1.54) is 37.0 Å². The van der Waals surface area contributed by atoms with Crippen LogP contribution in [0.25, 0.3) is 0 Å². The molecule has 0 aromatic heterocycles. The molecule has 1 aromatic carbocycles. The number of hydrogen-bond donors (Lipinski definition) is 1. The molecule has 116 valence electrons. The number of nitrogens with one attached hydrogen (secondary N) is 1. The summed E-state index contributed by atoms with van der Waals surface area (Å²) >= 11 is 2.07. The maximum atomic E-state index is 11.7. The maximum absolute atomic E-state index is 11.7. The first-order valence-electron chi connectivity index (χ1n) is 7.44. The Morgan fingerprint density at radius 1 is 1.29 bits per heavy atom. The normalized spacial score (nSPS) is 24.1. The minimum atomic E-state index is -3.33. The van der Waals surface area contributed by atoms with Gasteiger partial charge in [-0.15, -0.1) is 0 Å². The monoisotopic (exact) mass is 326 g/mol. The highest BCUT2D eigenvalue weighted by molar-refractivity contribution is 7.99. The van der Waals surface area contributed by atoms with Gasteiger partial charge in [-0.1, -0.05) is 12.1 Å². The van der Waals surface area contributed by atoms with Gasteiger partial charge in [-0.2, -0.15) is 11.8 Å². The standard InChI is InChI=1S/C15H22N2O2S2/c1-16-21(18,19)14-6-2-12(3-7-14)10-17-8-9-20-11-15(17)13-4-5-13/h2-3,6-7,13,15-16H,4-5,8-11H2,1H3. The highest BCUT2D eigenvalue weighted by Crippen LogP contribution is 2.39. The highest BCUT2D eigenvalue weighted by atomic mass is 32.2. The van der Waals surface area contributed by atoms with Crippen LogP contribution in [0.2, 0.25) is 0 Å². The zero-order chi connectivity index (χ0) is 14.9. The Kier molecular flexibility index (Phi) is 4.59. The molecule has 0 radical (unpaired) electrons. The lowest BCUT2D eigenvalue weighted by Gasteiger charge is -2.35. The van der Waals surface area contributed by atoms with Crippen LogP contribution in [0.5, 0.6) is 0 Å². The molecule has 1 heterocycles. The van der Waals surface area contributed by atoms with Crippen LogP contribution in [0.15, 0.2) is 29.2 Å². The topological polar surface area (TPSA) is 49.4 Å². The van der Waals surface area contributed by atoms with Crippen molar-refractivity contribution in [3.8, 4) is 0 Å². The molecule has 21 heavy (non-hydrogen) atoms. The zero-order valence-corrected chi connectivity index (χ0v) is 13.9. The van der Waals surface area contributed by atoms with Crippen molar-refractivity contribution < 1.29 is 8.42 Å². The predicted octanol–water partition coefficient (Wildman–Crippen LogP) is 1.92. The van der Waals surface area contributed by atoms with Gasteiger partial charge < -0.3 is 0 Å². The maximum Gasteiger partial charge on any atom is 0.240 e. The zero-order valence-electron chi connectivity index (χ0n) is 12.3. The summed E-state index contributed by atoms with van der Waals surface area (Å²) in [6.07, 6.45) is 2.75. The summed E-state index contributed by atoms with van der Waals surface area (Å²) < 4.78 is 25.8. The average molecular weight is 326 g/mol. The van der Waals surface area contributed by atoms with Crippen molar-refractivity contribution in [2.45, 2.75) is 30.3 Å². The first-order chi connectivity index (χ1) is 10.1. The van der Waals surface area contributed by atoms with Crippen molar-refractivity contribution in [3.63, 3.8) is 0 Å². The number of hydrogen-bond acceptors (Lipinski definition) is 4. The van der Waals surface area contributed by atoms with Crippen LogP contribution in [0.3, 0.4) is 0 Å². The Morgan fingerprint density at radius 3 is 2.62 bits per heavy atom. The van der Waals surface area contributed by atoms with Crippen LogP contribution in [-0.4, -0.2) is 44.5 Å². The lowest BCUT2D eigenvalue weighted by atomic mass is 10.1. The molecule has 2 aliphatic rings. The van der Waals surface area contributed by atoms with Crippen LogP contribution in [0.4, 0.5) is 0 Å². The van der Waals surface area contributed by atoms with Gasteiger partial charge in [0, 0.05) is 30.6 Å². The lowest BCUT2D eigenvalue weighted by Crippen LogP contribution is -2.43. The minimum absolute atomic E-state index is 0.335. The van der Waals surface area contributed by atoms with Crippen LogP contribution < -0.4 is 4.72 Å². The van der Waals surface area contributed by atoms with E-state index >= 15 is 0 Å². The molecule has 0 bridgehead atoms. The molecule has 1 unspecified atom stereocenters. The molecular weight excluding hydrogens is 304 g/mol. The van der Waals surface area contributed by atoms with Gasteiger partial charge in [-0.05, 0) is 43.5 Å². The molecule has 4 nitrogen and oxygen atoms in total. The summed E-state index contributed by atoms with van der Waals surface area (Å²) in [6, 6.07) is 7.99. The van der Waals surface area contributed by atoms with Crippen molar-refractivity contribution in [1.29, 1.82) is 0 Å². The molecule has 6 heteroatoms. The second-order valence-electron chi connectivity index (χ2n) is 5.80. The lowest BCUT2D eigenvalue weighted by molar-refractivity contribution is 0.190. The Balaban J connectivity index is 1.69. The third-order valence-electron chi connectivity index (χ3n) is 4.33. The fourth-order valence-electron chi connectivity index (χ4n) is 2.90. The van der Waals surface area contributed by atoms with Crippen molar-refractivity contribution in [2.75, 3.05) is 25.1 Å². The third kappa shape index (κ3) is 3.62. The summed E-state index contributed by atoms with van der Waals surface area (Å²) in [5, 5.41) is 0. The Morgan fingerprint density at radius 2 is 2.00 bits per heavy atom. The van der Waals surface area contributed by atoms with Crippen molar-refractivity contribution in [1.82, 2.24) is 9.62 Å². The molecule has 1 atom stereocenters. The Bertz CT molecular complexity index is 582. The van der Waals surface area contributed by atoms with E-state index in [0.717, 1.165) is 19.0 Å². The quantitative estimate of drug-likeness (QED) is 0.898. The second-order valence-corrected chi connectivity index (χ2v) is 8.84. The molecule has 1 N–H and O–H groups in total. The molecule has 1 aliphatic heterocycles. The van der Waals surface area contributed by atoms with Gasteiger partial charge in [0.1, 0.15) is 0 Å². The first-order valence-corrected chi connectivity index (χ1v) is 10.1. The molecule has 1 aliphatic carbocycles. The molecule has 1 saturated heterocycles. The van der Waals surface area contributed by atoms with E-state index in [1.807, 2.05) is 12.1 Å². The van der Waals surface area contributed by atoms with E-state index in [1.54, 1.807) is 12.1 Å². The van der Waals surface area contributed by atoms with Gasteiger partial charge in [-0.25, -0.2) is 13.1 Å². The van der Waals surface area contributed by atoms with Crippen molar-refractivity contribution >= 4 is 21.8 Å². The third-order valence-corrected chi connectivity index (χ3v) is 6.81. The van der Waals surface area contributed by atoms with Crippen LogP contribution >= 0.6 is 11.8 Å². The molecular formula is C15H22N2O2S2. The molecule has 0 spiro atoms. The van der Waals surface area contributed by atoms with Crippen LogP contribution in [0.1, 0.15) is 18.4 Å². The second kappa shape index (κ2) is 6.28. The fraction of sp³-hybridized carbons (Fsp3) is 0.600. The van der Waals surface area contributed by atoms with Gasteiger partial charge in [0.25, 0.3) is 0 Å². The van der Waals surface area contributed by atoms with Gasteiger partial charge in [0.2, 0.25) is 10.0 Å². The van der Waals surface area contributed by atoms with E-state index in [-0.39, 0.29) is 0 Å². The Labute approximate surface area is 131 Å². The van der Waals surface area contributed by atoms with E-state index < -0.39 is 10.0 Å². The van der Waals surface area contributed by atoms with E-state index in [0.29, 0.717) is 10.9 Å². The number of nitrogens with zero attached hydrogens (tertiary/aromatic N) is 1. The molecule has 3 rings (SSSR count). The summed E-state index contributed by atoms with van der Waals surface area (Å²) in [4.78, 5) is 2.91. The number of benzene rings is 1. The minimum Gasteiger partial charge on any atom is -0.294 e. The van der Waals surface area contributed by atoms with Gasteiger partial charge in [0.15, 0.2) is 0 Å². The summed E-state index contributed by atoms with van der Waals surface area (Å²) in [6.45, 7) is 2.07. The Hall–Kier alpha value is -0.560. The highest BCUT2D eigenvalue weighted by Gasteiger charge is 2.36. The predicted molar refractivity (Wildman–Crippen MR) is 86.9 cm³/mol. The SMILES string of the molecule is CNS(=O)(=O)c1ccc(CN2CCSCC2C2CC2)cc1. The summed E-state index contributed by atoms with van der Waals surface area (Å²) in [5.41, 5.74) is 1.20. The molecule has 1 saturated carbocycles. The van der Waals surface area contributed by atoms with Crippen LogP contribution in [-0.2, 0) is 16.6 Å². The molecule has 0 amide bonds. The number of rotatable bonds is 5. The van der Waals surface area contributed by atoms with Gasteiger partial charge >= 0.3 is 0 Å². The van der Waals surface area contributed by atoms with Crippen LogP contribution in [0, 0.1) is 5.92 Å². The summed E-state index contributed by atoms with van der Waals surface area (Å²) in [5.74, 6) is 3.34. The van der Waals surface area contributed by atoms with E-state index in [2.05, 4.69) is 21.4 Å². The van der Waals surface area contributed by atoms with Gasteiger partial charge in [-0.3, -0.25) is 4.90 Å². The number of thioether (sulfide) groups is 1. The number of sulfonamides is 1. The largest absolute Gasteiger partial charge is 0.294 e. The van der Waals surface area contributed by atoms with Crippen molar-refractivity contribution in [2.24, 2.45) is 5.92 Å². The van der Waals surface area contributed by atoms with E-state index in [4.69, 9.17) is 0 Å². The summed E-state index contributed by atoms with van der Waals surface area (Å²) in [7, 11) is -1.89. The average Bonchev–Trinajstić information content (AvgIpc) is 3.33. The molecule has 2 fully saturated rings. The molecule has 1 aromatic rings. The van der Waals surface area contributed by atoms with E-state index in [9.17, 15) is 8.42 Å². The fourth-order valence-corrected chi connectivity index (χ4v) is 4.88. The van der Waals surface area contributed by atoms with Gasteiger partial charge in [0.05, 0.1) is 4.90 Å². The van der Waals surface area contributed by atoms with Crippen molar-refractivity contribution in [3.05, 3.63) is 29.8 Å².